The summed E-state index contributed by atoms with van der Waals surface area (Å²) < 4.78 is 1.98. The molecular formula is C18H18N2O. The van der Waals surface area contributed by atoms with Crippen molar-refractivity contribution in [1.82, 2.24) is 4.57 Å². The molecule has 1 N–H and O–H groups in total. The standard InChI is InChI=1S/C18H18N2O/c1-12-7-6-9-16(13(12)2)19-18(21)15-11-20(3)17-10-5-4-8-14(15)17/h4-11H,1-3H3,(H,19,21). The predicted octanol–water partition coefficient (Wildman–Crippen LogP) is 4.05. The van der Waals surface area contributed by atoms with E-state index in [9.17, 15) is 4.79 Å². The van der Waals surface area contributed by atoms with E-state index in [2.05, 4.69) is 5.32 Å². The van der Waals surface area contributed by atoms with Gasteiger partial charge in [0, 0.05) is 29.8 Å². The molecule has 1 heterocycles. The fraction of sp³-hybridized carbons (Fsp3) is 0.167. The Morgan fingerprint density at radius 2 is 1.81 bits per heavy atom. The molecule has 1 amide bonds. The molecule has 3 nitrogen and oxygen atoms in total. The first-order chi connectivity index (χ1) is 10.1. The highest BCUT2D eigenvalue weighted by molar-refractivity contribution is 6.13. The minimum Gasteiger partial charge on any atom is -0.350 e. The first-order valence-electron chi connectivity index (χ1n) is 6.99. The molecule has 0 unspecified atom stereocenters. The smallest absolute Gasteiger partial charge is 0.257 e. The van der Waals surface area contributed by atoms with Crippen LogP contribution < -0.4 is 5.32 Å². The molecule has 0 fully saturated rings. The van der Waals surface area contributed by atoms with Gasteiger partial charge in [-0.15, -0.1) is 0 Å². The summed E-state index contributed by atoms with van der Waals surface area (Å²) >= 11 is 0. The lowest BCUT2D eigenvalue weighted by molar-refractivity contribution is 0.102. The van der Waals surface area contributed by atoms with Crippen LogP contribution in [0, 0.1) is 13.8 Å². The number of fused-ring (bicyclic) bond motifs is 1. The Labute approximate surface area is 124 Å². The number of nitrogens with one attached hydrogen (secondary N) is 1. The number of carbonyl (C=O) groups excluding carboxylic acids is 1. The van der Waals surface area contributed by atoms with Crippen LogP contribution in [0.5, 0.6) is 0 Å². The molecule has 3 heteroatoms. The second kappa shape index (κ2) is 5.09. The van der Waals surface area contributed by atoms with Gasteiger partial charge in [0.2, 0.25) is 0 Å². The highest BCUT2D eigenvalue weighted by Crippen LogP contribution is 2.23. The van der Waals surface area contributed by atoms with Crippen LogP contribution in [0.3, 0.4) is 0 Å². The van der Waals surface area contributed by atoms with Crippen molar-refractivity contribution in [3.05, 3.63) is 65.4 Å². The van der Waals surface area contributed by atoms with Gasteiger partial charge in [-0.3, -0.25) is 4.79 Å². The lowest BCUT2D eigenvalue weighted by atomic mass is 10.1. The second-order valence-corrected chi connectivity index (χ2v) is 5.37. The molecule has 0 spiro atoms. The van der Waals surface area contributed by atoms with E-state index in [1.807, 2.05) is 74.1 Å². The number of anilines is 1. The Balaban J connectivity index is 2.00. The summed E-state index contributed by atoms with van der Waals surface area (Å²) in [6.07, 6.45) is 1.88. The predicted molar refractivity (Wildman–Crippen MR) is 86.8 cm³/mol. The number of hydrogen-bond donors (Lipinski definition) is 1. The maximum atomic E-state index is 12.6. The zero-order valence-corrected chi connectivity index (χ0v) is 12.5. The zero-order valence-electron chi connectivity index (χ0n) is 12.5. The third kappa shape index (κ3) is 2.31. The van der Waals surface area contributed by atoms with Crippen molar-refractivity contribution in [3.63, 3.8) is 0 Å². The van der Waals surface area contributed by atoms with Gasteiger partial charge in [0.05, 0.1) is 5.56 Å². The summed E-state index contributed by atoms with van der Waals surface area (Å²) in [4.78, 5) is 12.6. The van der Waals surface area contributed by atoms with Crippen LogP contribution >= 0.6 is 0 Å². The van der Waals surface area contributed by atoms with Crippen molar-refractivity contribution in [2.45, 2.75) is 13.8 Å². The first kappa shape index (κ1) is 13.4. The molecule has 0 aliphatic rings. The van der Waals surface area contributed by atoms with E-state index in [1.165, 1.54) is 5.56 Å². The van der Waals surface area contributed by atoms with E-state index < -0.39 is 0 Å². The zero-order chi connectivity index (χ0) is 15.0. The molecule has 0 bridgehead atoms. The summed E-state index contributed by atoms with van der Waals surface area (Å²) in [5.41, 5.74) is 4.90. The molecule has 0 saturated carbocycles. The molecule has 0 radical (unpaired) electrons. The van der Waals surface area contributed by atoms with Gasteiger partial charge in [0.1, 0.15) is 0 Å². The van der Waals surface area contributed by atoms with Gasteiger partial charge in [-0.1, -0.05) is 30.3 Å². The Morgan fingerprint density at radius 1 is 1.05 bits per heavy atom. The van der Waals surface area contributed by atoms with E-state index in [0.717, 1.165) is 22.2 Å². The van der Waals surface area contributed by atoms with E-state index in [-0.39, 0.29) is 5.91 Å². The molecule has 2 aromatic carbocycles. The third-order valence-corrected chi connectivity index (χ3v) is 3.99. The number of nitrogens with zero attached hydrogens (tertiary/aromatic N) is 1. The summed E-state index contributed by atoms with van der Waals surface area (Å²) in [7, 11) is 1.96. The number of rotatable bonds is 2. The second-order valence-electron chi connectivity index (χ2n) is 5.37. The molecule has 0 aliphatic heterocycles. The van der Waals surface area contributed by atoms with Crippen LogP contribution in [-0.2, 0) is 7.05 Å². The lowest BCUT2D eigenvalue weighted by Crippen LogP contribution is -2.12. The van der Waals surface area contributed by atoms with Gasteiger partial charge < -0.3 is 9.88 Å². The molecule has 0 atom stereocenters. The molecule has 0 aliphatic carbocycles. The molecule has 0 saturated heterocycles. The van der Waals surface area contributed by atoms with Crippen molar-refractivity contribution in [2.75, 3.05) is 5.32 Å². The highest BCUT2D eigenvalue weighted by atomic mass is 16.1. The Morgan fingerprint density at radius 3 is 2.62 bits per heavy atom. The van der Waals surface area contributed by atoms with Crippen molar-refractivity contribution < 1.29 is 4.79 Å². The summed E-state index contributed by atoms with van der Waals surface area (Å²) in [6, 6.07) is 13.9. The van der Waals surface area contributed by atoms with Crippen molar-refractivity contribution >= 4 is 22.5 Å². The van der Waals surface area contributed by atoms with E-state index in [4.69, 9.17) is 0 Å². The van der Waals surface area contributed by atoms with Crippen LogP contribution in [0.2, 0.25) is 0 Å². The average molecular weight is 278 g/mol. The number of aromatic nitrogens is 1. The lowest BCUT2D eigenvalue weighted by Gasteiger charge is -2.09. The number of hydrogen-bond acceptors (Lipinski definition) is 1. The van der Waals surface area contributed by atoms with Crippen LogP contribution in [-0.4, -0.2) is 10.5 Å². The maximum absolute atomic E-state index is 12.6. The first-order valence-corrected chi connectivity index (χ1v) is 6.99. The number of aryl methyl sites for hydroxylation is 2. The van der Waals surface area contributed by atoms with Gasteiger partial charge in [-0.05, 0) is 37.1 Å². The molecule has 106 valence electrons. The summed E-state index contributed by atoms with van der Waals surface area (Å²) in [6.45, 7) is 4.07. The van der Waals surface area contributed by atoms with Gasteiger partial charge in [-0.25, -0.2) is 0 Å². The summed E-state index contributed by atoms with van der Waals surface area (Å²) in [5, 5.41) is 4.00. The maximum Gasteiger partial charge on any atom is 0.257 e. The molecule has 1 aromatic heterocycles. The SMILES string of the molecule is Cc1cccc(NC(=O)c2cn(C)c3ccccc23)c1C. The van der Waals surface area contributed by atoms with Crippen LogP contribution in [0.25, 0.3) is 10.9 Å². The Hall–Kier alpha value is -2.55. The topological polar surface area (TPSA) is 34.0 Å². The summed E-state index contributed by atoms with van der Waals surface area (Å²) in [5.74, 6) is -0.0690. The average Bonchev–Trinajstić information content (AvgIpc) is 2.82. The van der Waals surface area contributed by atoms with E-state index >= 15 is 0 Å². The van der Waals surface area contributed by atoms with Gasteiger partial charge in [0.15, 0.2) is 0 Å². The highest BCUT2D eigenvalue weighted by Gasteiger charge is 2.14. The number of amides is 1. The Bertz CT molecular complexity index is 830. The fourth-order valence-corrected chi connectivity index (χ4v) is 2.60. The van der Waals surface area contributed by atoms with E-state index in [0.29, 0.717) is 5.56 Å². The van der Waals surface area contributed by atoms with Crippen LogP contribution in [0.4, 0.5) is 5.69 Å². The van der Waals surface area contributed by atoms with E-state index in [1.54, 1.807) is 0 Å². The van der Waals surface area contributed by atoms with Crippen molar-refractivity contribution in [2.24, 2.45) is 7.05 Å². The normalized spacial score (nSPS) is 10.8. The largest absolute Gasteiger partial charge is 0.350 e. The van der Waals surface area contributed by atoms with Crippen molar-refractivity contribution in [1.29, 1.82) is 0 Å². The Kier molecular flexibility index (Phi) is 3.26. The number of para-hydroxylation sites is 1. The fourth-order valence-electron chi connectivity index (χ4n) is 2.60. The number of carbonyl (C=O) groups is 1. The van der Waals surface area contributed by atoms with Gasteiger partial charge in [0.25, 0.3) is 5.91 Å². The molecule has 3 aromatic rings. The number of benzene rings is 2. The monoisotopic (exact) mass is 278 g/mol. The molecule has 3 rings (SSSR count). The van der Waals surface area contributed by atoms with Gasteiger partial charge in [-0.2, -0.15) is 0 Å². The van der Waals surface area contributed by atoms with Crippen molar-refractivity contribution in [3.8, 4) is 0 Å². The van der Waals surface area contributed by atoms with Crippen LogP contribution in [0.1, 0.15) is 21.5 Å². The molecule has 21 heavy (non-hydrogen) atoms. The van der Waals surface area contributed by atoms with Crippen LogP contribution in [0.15, 0.2) is 48.7 Å². The van der Waals surface area contributed by atoms with Gasteiger partial charge >= 0.3 is 0 Å². The minimum atomic E-state index is -0.0690. The molecular weight excluding hydrogens is 260 g/mol. The quantitative estimate of drug-likeness (QED) is 0.754. The minimum absolute atomic E-state index is 0.0690. The third-order valence-electron chi connectivity index (χ3n) is 3.99.